The van der Waals surface area contributed by atoms with Crippen LogP contribution in [0.1, 0.15) is 59.8 Å². The molecule has 0 aromatic heterocycles. The van der Waals surface area contributed by atoms with Crippen molar-refractivity contribution < 1.29 is 0 Å². The number of allylic oxidation sites excluding steroid dienone is 4. The first-order chi connectivity index (χ1) is 7.47. The highest BCUT2D eigenvalue weighted by Gasteiger charge is 2.27. The van der Waals surface area contributed by atoms with E-state index in [9.17, 15) is 0 Å². The van der Waals surface area contributed by atoms with Crippen LogP contribution in [0.3, 0.4) is 0 Å². The van der Waals surface area contributed by atoms with Crippen molar-refractivity contribution in [3.05, 3.63) is 22.8 Å². The summed E-state index contributed by atoms with van der Waals surface area (Å²) in [6, 6.07) is 1.31. The standard InChI is InChI=1S/C15H28Si/c1-12(9-11-16)7-8-14-13(2)6-5-10-15(14,3)4/h9H,5-8,10-11H2,1-4,16H3. The molecule has 1 aliphatic rings. The van der Waals surface area contributed by atoms with Gasteiger partial charge < -0.3 is 0 Å². The van der Waals surface area contributed by atoms with Crippen LogP contribution in [0.15, 0.2) is 22.8 Å². The van der Waals surface area contributed by atoms with Crippen molar-refractivity contribution in [2.75, 3.05) is 0 Å². The van der Waals surface area contributed by atoms with E-state index in [1.165, 1.54) is 48.4 Å². The molecule has 0 aliphatic heterocycles. The predicted octanol–water partition coefficient (Wildman–Crippen LogP) is 4.02. The van der Waals surface area contributed by atoms with Gasteiger partial charge in [-0.15, -0.1) is 0 Å². The fourth-order valence-electron chi connectivity index (χ4n) is 3.00. The molecule has 0 nitrogen and oxygen atoms in total. The molecule has 92 valence electrons. The fraction of sp³-hybridized carbons (Fsp3) is 0.733. The van der Waals surface area contributed by atoms with Crippen molar-refractivity contribution in [1.29, 1.82) is 0 Å². The molecule has 0 radical (unpaired) electrons. The van der Waals surface area contributed by atoms with Crippen LogP contribution in [0, 0.1) is 5.41 Å². The van der Waals surface area contributed by atoms with Crippen LogP contribution in [-0.2, 0) is 0 Å². The third kappa shape index (κ3) is 3.62. The van der Waals surface area contributed by atoms with E-state index >= 15 is 0 Å². The normalized spacial score (nSPS) is 21.6. The summed E-state index contributed by atoms with van der Waals surface area (Å²) in [5.74, 6) is 0. The summed E-state index contributed by atoms with van der Waals surface area (Å²) >= 11 is 0. The highest BCUT2D eigenvalue weighted by Crippen LogP contribution is 2.42. The minimum absolute atomic E-state index is 0.462. The van der Waals surface area contributed by atoms with E-state index in [0.717, 1.165) is 0 Å². The molecule has 0 N–H and O–H groups in total. The van der Waals surface area contributed by atoms with Crippen molar-refractivity contribution in [2.24, 2.45) is 5.41 Å². The first-order valence-corrected chi connectivity index (χ1v) is 8.23. The van der Waals surface area contributed by atoms with E-state index in [1.54, 1.807) is 16.7 Å². The third-order valence-corrected chi connectivity index (χ3v) is 4.42. The molecule has 0 aromatic rings. The maximum absolute atomic E-state index is 2.43. The third-order valence-electron chi connectivity index (χ3n) is 4.01. The second-order valence-corrected chi connectivity index (χ2v) is 6.77. The fourth-order valence-corrected chi connectivity index (χ4v) is 3.70. The van der Waals surface area contributed by atoms with E-state index in [2.05, 4.69) is 33.8 Å². The molecule has 0 atom stereocenters. The summed E-state index contributed by atoms with van der Waals surface area (Å²) in [6.45, 7) is 9.50. The summed E-state index contributed by atoms with van der Waals surface area (Å²) in [6.07, 6.45) is 9.10. The van der Waals surface area contributed by atoms with Gasteiger partial charge in [0.1, 0.15) is 0 Å². The zero-order valence-corrected chi connectivity index (χ0v) is 13.8. The van der Waals surface area contributed by atoms with Gasteiger partial charge in [-0.05, 0) is 57.4 Å². The lowest BCUT2D eigenvalue weighted by molar-refractivity contribution is 0.354. The zero-order valence-electron chi connectivity index (χ0n) is 11.8. The Labute approximate surface area is 105 Å². The molecule has 0 bridgehead atoms. The summed E-state index contributed by atoms with van der Waals surface area (Å²) < 4.78 is 0. The molecule has 1 heteroatoms. The van der Waals surface area contributed by atoms with Crippen molar-refractivity contribution in [1.82, 2.24) is 0 Å². The van der Waals surface area contributed by atoms with Crippen LogP contribution in [0.4, 0.5) is 0 Å². The highest BCUT2D eigenvalue weighted by atomic mass is 28.1. The van der Waals surface area contributed by atoms with Gasteiger partial charge in [0.15, 0.2) is 0 Å². The minimum Gasteiger partial charge on any atom is -0.0891 e. The molecule has 0 heterocycles. The predicted molar refractivity (Wildman–Crippen MR) is 78.1 cm³/mol. The number of hydrogen-bond acceptors (Lipinski definition) is 0. The quantitative estimate of drug-likeness (QED) is 0.511. The smallest absolute Gasteiger partial charge is 0.00756 e. The first-order valence-electron chi connectivity index (χ1n) is 6.82. The van der Waals surface area contributed by atoms with E-state index < -0.39 is 0 Å². The van der Waals surface area contributed by atoms with Crippen molar-refractivity contribution in [3.63, 3.8) is 0 Å². The van der Waals surface area contributed by atoms with Gasteiger partial charge in [-0.1, -0.05) is 36.6 Å². The molecule has 0 fully saturated rings. The van der Waals surface area contributed by atoms with Crippen molar-refractivity contribution in [3.8, 4) is 0 Å². The van der Waals surface area contributed by atoms with Crippen LogP contribution >= 0.6 is 0 Å². The second-order valence-electron chi connectivity index (χ2n) is 5.96. The second kappa shape index (κ2) is 5.86. The zero-order chi connectivity index (χ0) is 12.2. The lowest BCUT2D eigenvalue weighted by atomic mass is 9.71. The molecule has 0 aromatic carbocycles. The van der Waals surface area contributed by atoms with Crippen LogP contribution in [-0.4, -0.2) is 10.2 Å². The Kier molecular flexibility index (Phi) is 5.04. The Hall–Kier alpha value is -0.303. The Morgan fingerprint density at radius 3 is 2.69 bits per heavy atom. The largest absolute Gasteiger partial charge is 0.0891 e. The minimum atomic E-state index is 0.462. The monoisotopic (exact) mass is 236 g/mol. The molecule has 0 saturated heterocycles. The van der Waals surface area contributed by atoms with Gasteiger partial charge in [-0.25, -0.2) is 0 Å². The van der Waals surface area contributed by atoms with Crippen LogP contribution in [0.2, 0.25) is 6.04 Å². The van der Waals surface area contributed by atoms with Crippen molar-refractivity contribution >= 4 is 10.2 Å². The Balaban J connectivity index is 2.67. The number of rotatable bonds is 4. The lowest BCUT2D eigenvalue weighted by Crippen LogP contribution is -2.20. The molecule has 16 heavy (non-hydrogen) atoms. The van der Waals surface area contributed by atoms with Crippen molar-refractivity contribution in [2.45, 2.75) is 65.8 Å². The molecule has 0 spiro atoms. The van der Waals surface area contributed by atoms with Crippen LogP contribution < -0.4 is 0 Å². The Morgan fingerprint density at radius 1 is 1.44 bits per heavy atom. The van der Waals surface area contributed by atoms with Gasteiger partial charge in [0.05, 0.1) is 0 Å². The Morgan fingerprint density at radius 2 is 2.12 bits per heavy atom. The molecule has 0 saturated carbocycles. The van der Waals surface area contributed by atoms with Gasteiger partial charge in [-0.2, -0.15) is 0 Å². The molecule has 1 rings (SSSR count). The molecular weight excluding hydrogens is 208 g/mol. The Bertz CT molecular complexity index is 295. The molecule has 1 aliphatic carbocycles. The van der Waals surface area contributed by atoms with Gasteiger partial charge >= 0.3 is 0 Å². The molecule has 0 amide bonds. The lowest BCUT2D eigenvalue weighted by Gasteiger charge is -2.34. The summed E-state index contributed by atoms with van der Waals surface area (Å²) in [7, 11) is 1.30. The molecular formula is C15H28Si. The van der Waals surface area contributed by atoms with Gasteiger partial charge in [0.25, 0.3) is 0 Å². The van der Waals surface area contributed by atoms with Crippen LogP contribution in [0.25, 0.3) is 0 Å². The maximum Gasteiger partial charge on any atom is 0.00756 e. The molecule has 0 unspecified atom stereocenters. The summed E-state index contributed by atoms with van der Waals surface area (Å²) in [4.78, 5) is 0. The average Bonchev–Trinajstić information content (AvgIpc) is 2.16. The maximum atomic E-state index is 2.43. The van der Waals surface area contributed by atoms with Gasteiger partial charge in [0.2, 0.25) is 0 Å². The van der Waals surface area contributed by atoms with E-state index in [1.807, 2.05) is 0 Å². The van der Waals surface area contributed by atoms with E-state index in [0.29, 0.717) is 5.41 Å². The number of hydrogen-bond donors (Lipinski definition) is 0. The highest BCUT2D eigenvalue weighted by molar-refractivity contribution is 6.09. The average molecular weight is 236 g/mol. The SMILES string of the molecule is CC(=CC[SiH3])CCC1=C(C)CCCC1(C)C. The van der Waals surface area contributed by atoms with E-state index in [4.69, 9.17) is 0 Å². The van der Waals surface area contributed by atoms with Crippen LogP contribution in [0.5, 0.6) is 0 Å². The summed E-state index contributed by atoms with van der Waals surface area (Å²) in [5, 5.41) is 0. The topological polar surface area (TPSA) is 0 Å². The van der Waals surface area contributed by atoms with Gasteiger partial charge in [-0.3, -0.25) is 0 Å². The van der Waals surface area contributed by atoms with Gasteiger partial charge in [0, 0.05) is 10.2 Å². The summed E-state index contributed by atoms with van der Waals surface area (Å²) in [5.41, 5.74) is 5.48. The first kappa shape index (κ1) is 13.8. The van der Waals surface area contributed by atoms with E-state index in [-0.39, 0.29) is 0 Å².